The van der Waals surface area contributed by atoms with Gasteiger partial charge in [0, 0.05) is 11.6 Å². The Balaban J connectivity index is 2.72. The minimum absolute atomic E-state index is 0.0877. The van der Waals surface area contributed by atoms with E-state index in [1.807, 2.05) is 20.8 Å². The van der Waals surface area contributed by atoms with Crippen molar-refractivity contribution in [3.8, 4) is 5.75 Å². The molecule has 2 N–H and O–H groups in total. The van der Waals surface area contributed by atoms with Gasteiger partial charge in [0.05, 0.1) is 5.02 Å². The SMILES string of the molecule is CC(C)C(C)C(=O)Nc1ccc(OCC(=O)O)c(Cl)c1. The second kappa shape index (κ2) is 7.14. The Kier molecular flexibility index (Phi) is 5.82. The molecular formula is C14H18ClNO4. The summed E-state index contributed by atoms with van der Waals surface area (Å²) in [6.07, 6.45) is 0. The van der Waals surface area contributed by atoms with E-state index in [9.17, 15) is 9.59 Å². The summed E-state index contributed by atoms with van der Waals surface area (Å²) >= 11 is 5.97. The fourth-order valence-corrected chi connectivity index (χ4v) is 1.63. The van der Waals surface area contributed by atoms with E-state index in [0.29, 0.717) is 5.69 Å². The van der Waals surface area contributed by atoms with Crippen molar-refractivity contribution in [2.45, 2.75) is 20.8 Å². The van der Waals surface area contributed by atoms with Gasteiger partial charge in [-0.25, -0.2) is 4.79 Å². The van der Waals surface area contributed by atoms with Crippen LogP contribution < -0.4 is 10.1 Å². The molecule has 0 aliphatic rings. The maximum absolute atomic E-state index is 11.9. The van der Waals surface area contributed by atoms with Crippen molar-refractivity contribution in [2.75, 3.05) is 11.9 Å². The Bertz CT molecular complexity index is 502. The lowest BCUT2D eigenvalue weighted by Gasteiger charge is -2.16. The van der Waals surface area contributed by atoms with Crippen molar-refractivity contribution < 1.29 is 19.4 Å². The van der Waals surface area contributed by atoms with Gasteiger partial charge < -0.3 is 15.2 Å². The maximum atomic E-state index is 11.9. The number of aliphatic carboxylic acids is 1. The Morgan fingerprint density at radius 1 is 1.35 bits per heavy atom. The van der Waals surface area contributed by atoms with Crippen LogP contribution in [0.4, 0.5) is 5.69 Å². The Morgan fingerprint density at radius 3 is 2.50 bits per heavy atom. The number of carboxylic acid groups (broad SMARTS) is 1. The van der Waals surface area contributed by atoms with E-state index in [1.54, 1.807) is 6.07 Å². The molecule has 0 spiro atoms. The molecule has 1 aromatic carbocycles. The summed E-state index contributed by atoms with van der Waals surface area (Å²) in [6, 6.07) is 4.68. The number of anilines is 1. The van der Waals surface area contributed by atoms with E-state index in [1.165, 1.54) is 12.1 Å². The largest absolute Gasteiger partial charge is 0.480 e. The van der Waals surface area contributed by atoms with Crippen LogP contribution in [0, 0.1) is 11.8 Å². The molecule has 110 valence electrons. The molecule has 0 bridgehead atoms. The van der Waals surface area contributed by atoms with Crippen LogP contribution in [0.25, 0.3) is 0 Å². The number of hydrogen-bond acceptors (Lipinski definition) is 3. The van der Waals surface area contributed by atoms with Crippen molar-refractivity contribution in [1.29, 1.82) is 0 Å². The van der Waals surface area contributed by atoms with Crippen LogP contribution in [0.1, 0.15) is 20.8 Å². The van der Waals surface area contributed by atoms with Crippen molar-refractivity contribution in [2.24, 2.45) is 11.8 Å². The molecule has 1 unspecified atom stereocenters. The summed E-state index contributed by atoms with van der Waals surface area (Å²) in [6.45, 7) is 5.34. The lowest BCUT2D eigenvalue weighted by Crippen LogP contribution is -2.24. The number of nitrogens with one attached hydrogen (secondary N) is 1. The highest BCUT2D eigenvalue weighted by Gasteiger charge is 2.17. The standard InChI is InChI=1S/C14H18ClNO4/c1-8(2)9(3)14(19)16-10-4-5-12(11(15)6-10)20-7-13(17)18/h4-6,8-9H,7H2,1-3H3,(H,16,19)(H,17,18). The van der Waals surface area contributed by atoms with E-state index >= 15 is 0 Å². The lowest BCUT2D eigenvalue weighted by molar-refractivity contribution is -0.139. The Labute approximate surface area is 122 Å². The van der Waals surface area contributed by atoms with Gasteiger partial charge in [-0.1, -0.05) is 32.4 Å². The minimum Gasteiger partial charge on any atom is -0.480 e. The summed E-state index contributed by atoms with van der Waals surface area (Å²) in [5.41, 5.74) is 0.551. The van der Waals surface area contributed by atoms with Crippen LogP contribution in [0.5, 0.6) is 5.75 Å². The molecule has 1 aromatic rings. The van der Waals surface area contributed by atoms with E-state index in [4.69, 9.17) is 21.4 Å². The number of carboxylic acids is 1. The smallest absolute Gasteiger partial charge is 0.341 e. The Hall–Kier alpha value is -1.75. The fourth-order valence-electron chi connectivity index (χ4n) is 1.39. The molecule has 0 fully saturated rings. The fraction of sp³-hybridized carbons (Fsp3) is 0.429. The first kappa shape index (κ1) is 16.3. The lowest BCUT2D eigenvalue weighted by atomic mass is 9.97. The van der Waals surface area contributed by atoms with Crippen LogP contribution in [-0.4, -0.2) is 23.6 Å². The van der Waals surface area contributed by atoms with Gasteiger partial charge >= 0.3 is 5.97 Å². The average molecular weight is 300 g/mol. The van der Waals surface area contributed by atoms with Crippen molar-refractivity contribution in [3.05, 3.63) is 23.2 Å². The second-order valence-electron chi connectivity index (χ2n) is 4.85. The molecule has 6 heteroatoms. The van der Waals surface area contributed by atoms with Gasteiger partial charge in [-0.05, 0) is 24.1 Å². The summed E-state index contributed by atoms with van der Waals surface area (Å²) in [5.74, 6) is -0.774. The number of rotatable bonds is 6. The van der Waals surface area contributed by atoms with Gasteiger partial charge in [0.15, 0.2) is 6.61 Å². The average Bonchev–Trinajstić information content (AvgIpc) is 2.36. The van der Waals surface area contributed by atoms with Gasteiger partial charge in [0.25, 0.3) is 0 Å². The van der Waals surface area contributed by atoms with Gasteiger partial charge in [0.1, 0.15) is 5.75 Å². The number of ether oxygens (including phenoxy) is 1. The third-order valence-electron chi connectivity index (χ3n) is 2.96. The molecular weight excluding hydrogens is 282 g/mol. The van der Waals surface area contributed by atoms with Crippen LogP contribution in [0.3, 0.4) is 0 Å². The molecule has 1 amide bonds. The maximum Gasteiger partial charge on any atom is 0.341 e. The first-order valence-corrected chi connectivity index (χ1v) is 6.64. The van der Waals surface area contributed by atoms with Gasteiger partial charge in [-0.15, -0.1) is 0 Å². The van der Waals surface area contributed by atoms with E-state index in [2.05, 4.69) is 5.32 Å². The zero-order chi connectivity index (χ0) is 15.3. The van der Waals surface area contributed by atoms with E-state index in [-0.39, 0.29) is 28.5 Å². The highest BCUT2D eigenvalue weighted by atomic mass is 35.5. The minimum atomic E-state index is -1.08. The molecule has 0 saturated carbocycles. The number of hydrogen-bond donors (Lipinski definition) is 2. The number of amides is 1. The first-order valence-electron chi connectivity index (χ1n) is 6.26. The third kappa shape index (κ3) is 4.74. The number of benzene rings is 1. The molecule has 0 radical (unpaired) electrons. The molecule has 5 nitrogen and oxygen atoms in total. The number of carbonyl (C=O) groups excluding carboxylic acids is 1. The number of halogens is 1. The van der Waals surface area contributed by atoms with E-state index < -0.39 is 12.6 Å². The van der Waals surface area contributed by atoms with Crippen LogP contribution in [0.15, 0.2) is 18.2 Å². The van der Waals surface area contributed by atoms with Crippen molar-refractivity contribution in [3.63, 3.8) is 0 Å². The van der Waals surface area contributed by atoms with E-state index in [0.717, 1.165) is 0 Å². The molecule has 0 aromatic heterocycles. The summed E-state index contributed by atoms with van der Waals surface area (Å²) in [5, 5.41) is 11.5. The normalized spacial score (nSPS) is 12.1. The quantitative estimate of drug-likeness (QED) is 0.846. The summed E-state index contributed by atoms with van der Waals surface area (Å²) in [7, 11) is 0. The molecule has 20 heavy (non-hydrogen) atoms. The molecule has 0 heterocycles. The van der Waals surface area contributed by atoms with Gasteiger partial charge in [-0.2, -0.15) is 0 Å². The third-order valence-corrected chi connectivity index (χ3v) is 3.26. The van der Waals surface area contributed by atoms with Crippen LogP contribution in [0.2, 0.25) is 5.02 Å². The van der Waals surface area contributed by atoms with Gasteiger partial charge in [-0.3, -0.25) is 4.79 Å². The predicted molar refractivity (Wildman–Crippen MR) is 77.2 cm³/mol. The first-order chi connectivity index (χ1) is 9.31. The Morgan fingerprint density at radius 2 is 2.00 bits per heavy atom. The monoisotopic (exact) mass is 299 g/mol. The van der Waals surface area contributed by atoms with Gasteiger partial charge in [0.2, 0.25) is 5.91 Å². The predicted octanol–water partition coefficient (Wildman–Crippen LogP) is 3.03. The molecule has 0 aliphatic heterocycles. The van der Waals surface area contributed by atoms with Crippen molar-refractivity contribution in [1.82, 2.24) is 0 Å². The summed E-state index contributed by atoms with van der Waals surface area (Å²) < 4.78 is 5.00. The summed E-state index contributed by atoms with van der Waals surface area (Å²) in [4.78, 5) is 22.3. The molecule has 1 rings (SSSR count). The molecule has 0 saturated heterocycles. The highest BCUT2D eigenvalue weighted by molar-refractivity contribution is 6.32. The topological polar surface area (TPSA) is 75.6 Å². The highest BCUT2D eigenvalue weighted by Crippen LogP contribution is 2.28. The van der Waals surface area contributed by atoms with Crippen molar-refractivity contribution >= 4 is 29.2 Å². The number of carbonyl (C=O) groups is 2. The zero-order valence-electron chi connectivity index (χ0n) is 11.6. The van der Waals surface area contributed by atoms with Crippen LogP contribution in [-0.2, 0) is 9.59 Å². The molecule has 0 aliphatic carbocycles. The zero-order valence-corrected chi connectivity index (χ0v) is 12.4. The van der Waals surface area contributed by atoms with Crippen LogP contribution >= 0.6 is 11.6 Å². The second-order valence-corrected chi connectivity index (χ2v) is 5.26. The molecule has 1 atom stereocenters.